The Bertz CT molecular complexity index is 1460. The summed E-state index contributed by atoms with van der Waals surface area (Å²) in [5, 5.41) is 17.6. The number of nitrogen functional groups attached to an aromatic ring is 1. The molecule has 2 aliphatic heterocycles. The van der Waals surface area contributed by atoms with Crippen molar-refractivity contribution in [3.63, 3.8) is 0 Å². The maximum absolute atomic E-state index is 13.0. The van der Waals surface area contributed by atoms with Crippen LogP contribution in [0.4, 0.5) is 5.13 Å². The van der Waals surface area contributed by atoms with Crippen LogP contribution >= 0.6 is 23.1 Å². The number of pyridine rings is 2. The number of nitrogens with two attached hydrogens (primary N) is 1. The van der Waals surface area contributed by atoms with Gasteiger partial charge in [0, 0.05) is 40.6 Å². The lowest BCUT2D eigenvalue weighted by molar-refractivity contribution is -0.689. The molecular weight excluding hydrogens is 530 g/mol. The maximum Gasteiger partial charge on any atom is 0.352 e. The molecular formula is C24H22N7O5S2+. The van der Waals surface area contributed by atoms with Crippen molar-refractivity contribution in [2.45, 2.75) is 18.0 Å². The Hall–Kier alpha value is -4.30. The summed E-state index contributed by atoms with van der Waals surface area (Å²) in [7, 11) is 1.28. The van der Waals surface area contributed by atoms with Crippen molar-refractivity contribution in [1.29, 1.82) is 0 Å². The number of carbonyl (C=O) groups is 3. The number of hydrogen-bond acceptors (Lipinski definition) is 10. The number of anilines is 1. The fraction of sp³-hybridized carbons (Fsp3) is 0.208. The summed E-state index contributed by atoms with van der Waals surface area (Å²) in [4.78, 5) is 52.5. The number of β-lactam (4-membered cyclic amide) rings is 1. The van der Waals surface area contributed by atoms with Crippen LogP contribution in [0.3, 0.4) is 0 Å². The Morgan fingerprint density at radius 3 is 2.74 bits per heavy atom. The van der Waals surface area contributed by atoms with Gasteiger partial charge in [-0.1, -0.05) is 11.2 Å². The Kier molecular flexibility index (Phi) is 7.07. The highest BCUT2D eigenvalue weighted by molar-refractivity contribution is 8.00. The minimum atomic E-state index is -1.20. The normalized spacial score (nSPS) is 19.0. The highest BCUT2D eigenvalue weighted by Crippen LogP contribution is 2.40. The molecule has 4 N–H and O–H groups in total. The minimum absolute atomic E-state index is 0.0661. The molecule has 12 nitrogen and oxygen atoms in total. The van der Waals surface area contributed by atoms with E-state index in [1.54, 1.807) is 11.6 Å². The van der Waals surface area contributed by atoms with Crippen LogP contribution in [0.5, 0.6) is 0 Å². The van der Waals surface area contributed by atoms with E-state index >= 15 is 0 Å². The highest BCUT2D eigenvalue weighted by atomic mass is 32.2. The molecule has 38 heavy (non-hydrogen) atoms. The SMILES string of the molecule is CON=C(C(=O)N[C@@H]1C(=O)N2C(C(=O)O)=C(C[n+]3ccc(-c4ccccn4)cc3)CS[C@@H]12)c1csc(N)n1. The standard InChI is InChI=1S/C24H21N7O5S2/c1-36-29-17(16-12-38-24(25)27-16)20(32)28-18-21(33)31-19(23(34)35)14(11-37-22(18)31)10-30-8-5-13(6-9-30)15-4-2-3-7-26-15/h2-9,12,18,22H,10-11H2,1H3,(H3-,25,27,28,32,34,35)/p+1/t18-,22+/m1/s1. The lowest BCUT2D eigenvalue weighted by Gasteiger charge is -2.49. The van der Waals surface area contributed by atoms with Crippen molar-refractivity contribution in [3.05, 3.63) is 71.3 Å². The first-order valence-electron chi connectivity index (χ1n) is 11.3. The number of nitrogens with one attached hydrogen (secondary N) is 1. The zero-order valence-electron chi connectivity index (χ0n) is 20.0. The number of rotatable bonds is 8. The van der Waals surface area contributed by atoms with Crippen LogP contribution in [0.15, 0.2) is 70.7 Å². The van der Waals surface area contributed by atoms with E-state index in [0.29, 0.717) is 17.9 Å². The van der Waals surface area contributed by atoms with E-state index in [2.05, 4.69) is 20.4 Å². The minimum Gasteiger partial charge on any atom is -0.477 e. The van der Waals surface area contributed by atoms with Gasteiger partial charge in [-0.25, -0.2) is 14.3 Å². The van der Waals surface area contributed by atoms with Crippen LogP contribution in [0.25, 0.3) is 11.3 Å². The number of oxime groups is 1. The summed E-state index contributed by atoms with van der Waals surface area (Å²) in [5.41, 5.74) is 8.03. The van der Waals surface area contributed by atoms with Crippen LogP contribution in [-0.2, 0) is 25.8 Å². The molecule has 14 heteroatoms. The molecule has 0 spiro atoms. The summed E-state index contributed by atoms with van der Waals surface area (Å²) in [6, 6.07) is 8.53. The van der Waals surface area contributed by atoms with Gasteiger partial charge in [-0.3, -0.25) is 19.5 Å². The number of fused-ring (bicyclic) bond motifs is 1. The van der Waals surface area contributed by atoms with Gasteiger partial charge >= 0.3 is 5.97 Å². The van der Waals surface area contributed by atoms with Crippen LogP contribution < -0.4 is 15.6 Å². The molecule has 0 bridgehead atoms. The second kappa shape index (κ2) is 10.6. The van der Waals surface area contributed by atoms with Gasteiger partial charge in [0.05, 0.1) is 5.69 Å². The number of carboxylic acids is 1. The molecule has 1 saturated heterocycles. The third kappa shape index (κ3) is 4.82. The van der Waals surface area contributed by atoms with E-state index in [1.807, 2.05) is 47.3 Å². The number of amides is 2. The number of nitrogens with zero attached hydrogens (tertiary/aromatic N) is 5. The van der Waals surface area contributed by atoms with E-state index < -0.39 is 29.2 Å². The molecule has 2 amide bonds. The van der Waals surface area contributed by atoms with Gasteiger partial charge in [0.25, 0.3) is 11.8 Å². The summed E-state index contributed by atoms with van der Waals surface area (Å²) in [6.45, 7) is 0.292. The zero-order valence-corrected chi connectivity index (χ0v) is 21.6. The van der Waals surface area contributed by atoms with Crippen molar-refractivity contribution in [2.24, 2.45) is 5.16 Å². The lowest BCUT2D eigenvalue weighted by atomic mass is 10.0. The lowest BCUT2D eigenvalue weighted by Crippen LogP contribution is -2.71. The Labute approximate surface area is 224 Å². The molecule has 0 unspecified atom stereocenters. The number of aromatic nitrogens is 3. The summed E-state index contributed by atoms with van der Waals surface area (Å²) < 4.78 is 1.85. The second-order valence-corrected chi connectivity index (χ2v) is 10.3. The molecule has 0 saturated carbocycles. The molecule has 5 rings (SSSR count). The molecule has 1 fully saturated rings. The molecule has 0 aromatic carbocycles. The first-order valence-corrected chi connectivity index (χ1v) is 13.2. The van der Waals surface area contributed by atoms with E-state index in [-0.39, 0.29) is 22.2 Å². The average Bonchev–Trinajstić information content (AvgIpc) is 3.36. The molecule has 194 valence electrons. The molecule has 2 aliphatic rings. The quantitative estimate of drug-likeness (QED) is 0.159. The van der Waals surface area contributed by atoms with Crippen molar-refractivity contribution < 1.29 is 28.9 Å². The smallest absolute Gasteiger partial charge is 0.352 e. The summed E-state index contributed by atoms with van der Waals surface area (Å²) in [5.74, 6) is -2.02. The van der Waals surface area contributed by atoms with Crippen LogP contribution in [0.2, 0.25) is 0 Å². The molecule has 2 atom stereocenters. The number of thioether (sulfide) groups is 1. The fourth-order valence-corrected chi connectivity index (χ4v) is 6.08. The number of aliphatic carboxylic acids is 1. The van der Waals surface area contributed by atoms with E-state index in [1.165, 1.54) is 23.8 Å². The van der Waals surface area contributed by atoms with Gasteiger partial charge in [-0.2, -0.15) is 0 Å². The number of carboxylic acid groups (broad SMARTS) is 1. The van der Waals surface area contributed by atoms with Crippen LogP contribution in [-0.4, -0.2) is 67.7 Å². The second-order valence-electron chi connectivity index (χ2n) is 8.29. The summed E-state index contributed by atoms with van der Waals surface area (Å²) in [6.07, 6.45) is 5.40. The largest absolute Gasteiger partial charge is 0.477 e. The van der Waals surface area contributed by atoms with Crippen molar-refractivity contribution >= 4 is 51.7 Å². The first kappa shape index (κ1) is 25.4. The maximum atomic E-state index is 13.0. The van der Waals surface area contributed by atoms with Gasteiger partial charge in [0.2, 0.25) is 0 Å². The summed E-state index contributed by atoms with van der Waals surface area (Å²) >= 11 is 2.51. The monoisotopic (exact) mass is 552 g/mol. The molecule has 0 radical (unpaired) electrons. The Morgan fingerprint density at radius 2 is 2.11 bits per heavy atom. The number of hydrogen-bond donors (Lipinski definition) is 3. The van der Waals surface area contributed by atoms with Crippen molar-refractivity contribution in [3.8, 4) is 11.3 Å². The van der Waals surface area contributed by atoms with Gasteiger partial charge in [0.1, 0.15) is 29.9 Å². The molecule has 3 aromatic rings. The molecule has 0 aliphatic carbocycles. The third-order valence-corrected chi connectivity index (χ3v) is 7.94. The highest BCUT2D eigenvalue weighted by Gasteiger charge is 2.54. The zero-order chi connectivity index (χ0) is 26.8. The van der Waals surface area contributed by atoms with Crippen molar-refractivity contribution in [2.75, 3.05) is 18.6 Å². The van der Waals surface area contributed by atoms with Crippen LogP contribution in [0.1, 0.15) is 5.69 Å². The predicted molar refractivity (Wildman–Crippen MR) is 140 cm³/mol. The van der Waals surface area contributed by atoms with E-state index in [4.69, 9.17) is 10.6 Å². The third-order valence-electron chi connectivity index (χ3n) is 5.92. The fourth-order valence-electron chi connectivity index (χ4n) is 4.19. The Balaban J connectivity index is 1.32. The molecule has 5 heterocycles. The topological polar surface area (TPSA) is 164 Å². The first-order chi connectivity index (χ1) is 18.4. The predicted octanol–water partition coefficient (Wildman–Crippen LogP) is 0.864. The van der Waals surface area contributed by atoms with E-state index in [9.17, 15) is 19.5 Å². The van der Waals surface area contributed by atoms with Gasteiger partial charge in [0.15, 0.2) is 29.8 Å². The van der Waals surface area contributed by atoms with Crippen LogP contribution in [0, 0.1) is 0 Å². The van der Waals surface area contributed by atoms with Crippen molar-refractivity contribution in [1.82, 2.24) is 20.2 Å². The molecule has 3 aromatic heterocycles. The average molecular weight is 553 g/mol. The number of carbonyl (C=O) groups excluding carboxylic acids is 2. The van der Waals surface area contributed by atoms with E-state index in [0.717, 1.165) is 22.6 Å². The Morgan fingerprint density at radius 1 is 1.32 bits per heavy atom. The van der Waals surface area contributed by atoms with Gasteiger partial charge < -0.3 is 21.0 Å². The van der Waals surface area contributed by atoms with Gasteiger partial charge in [-0.15, -0.1) is 23.1 Å². The van der Waals surface area contributed by atoms with Gasteiger partial charge in [-0.05, 0) is 12.1 Å². The number of thiazole rings is 1.